The second-order valence-electron chi connectivity index (χ2n) is 1.63. The van der Waals surface area contributed by atoms with Crippen LogP contribution in [0.15, 0.2) is 0 Å². The number of halogens is 1. The van der Waals surface area contributed by atoms with Gasteiger partial charge < -0.3 is 16.3 Å². The highest BCUT2D eigenvalue weighted by atomic mass is 127. The summed E-state index contributed by atoms with van der Waals surface area (Å²) >= 11 is 1.90. The molecule has 0 rings (SSSR count). The van der Waals surface area contributed by atoms with E-state index in [4.69, 9.17) is 11.5 Å². The molecule has 0 fully saturated rings. The summed E-state index contributed by atoms with van der Waals surface area (Å²) in [5.74, 6) is 0. The summed E-state index contributed by atoms with van der Waals surface area (Å²) in [5, 5.41) is 0. The van der Waals surface area contributed by atoms with Crippen molar-refractivity contribution in [1.82, 2.24) is 0 Å². The van der Waals surface area contributed by atoms with E-state index in [1.807, 2.05) is 22.6 Å². The number of carbonyl (C=O) groups excluding carboxylic acids is 1. The fraction of sp³-hybridized carbons (Fsp3) is 0.750. The normalized spacial score (nSPS) is 11.4. The highest BCUT2D eigenvalue weighted by Crippen LogP contribution is 2.08. The number of hydrogen-bond donors (Lipinski definition) is 2. The molecule has 0 aromatic rings. The molecule has 0 unspecified atom stereocenters. The summed E-state index contributed by atoms with van der Waals surface area (Å²) in [4.78, 5) is 9.74. The van der Waals surface area contributed by atoms with Crippen molar-refractivity contribution in [2.45, 2.75) is 16.5 Å². The minimum Gasteiger partial charge on any atom is -0.305 e. The molecule has 0 aromatic carbocycles. The van der Waals surface area contributed by atoms with Crippen LogP contribution in [0.4, 0.5) is 0 Å². The summed E-state index contributed by atoms with van der Waals surface area (Å²) in [5.41, 5.74) is 10.7. The Balaban J connectivity index is 3.24. The zero-order chi connectivity index (χ0) is 6.62. The van der Waals surface area contributed by atoms with Crippen LogP contribution >= 0.6 is 22.6 Å². The lowest BCUT2D eigenvalue weighted by molar-refractivity contribution is -0.108. The van der Waals surface area contributed by atoms with Gasteiger partial charge in [-0.2, -0.15) is 0 Å². The third-order valence-corrected chi connectivity index (χ3v) is 1.18. The fourth-order valence-electron chi connectivity index (χ4n) is 0.280. The summed E-state index contributed by atoms with van der Waals surface area (Å²) < 4.78 is -0.710. The largest absolute Gasteiger partial charge is 0.305 e. The predicted molar refractivity (Wildman–Crippen MR) is 40.4 cm³/mol. The molecule has 0 atom stereocenters. The molecule has 4 heteroatoms. The number of alkyl halides is 1. The van der Waals surface area contributed by atoms with Gasteiger partial charge in [0.25, 0.3) is 0 Å². The van der Waals surface area contributed by atoms with Crippen LogP contribution in [-0.4, -0.2) is 9.96 Å². The molecule has 0 heterocycles. The van der Waals surface area contributed by atoms with Gasteiger partial charge in [-0.1, -0.05) is 0 Å². The molecule has 0 amide bonds. The van der Waals surface area contributed by atoms with Crippen LogP contribution in [0.25, 0.3) is 0 Å². The van der Waals surface area contributed by atoms with Crippen molar-refractivity contribution >= 4 is 28.9 Å². The van der Waals surface area contributed by atoms with Crippen molar-refractivity contribution in [2.75, 3.05) is 0 Å². The second kappa shape index (κ2) is 3.37. The molecule has 0 saturated heterocycles. The van der Waals surface area contributed by atoms with Crippen molar-refractivity contribution in [1.29, 1.82) is 0 Å². The van der Waals surface area contributed by atoms with Crippen LogP contribution in [-0.2, 0) is 4.79 Å². The molecule has 0 aliphatic carbocycles. The lowest BCUT2D eigenvalue weighted by atomic mass is 10.3. The molecule has 0 saturated carbocycles. The van der Waals surface area contributed by atoms with E-state index in [0.29, 0.717) is 12.8 Å². The molecular formula is C4H9IN2O. The molecule has 3 nitrogen and oxygen atoms in total. The fourth-order valence-corrected chi connectivity index (χ4v) is 0.592. The van der Waals surface area contributed by atoms with Gasteiger partial charge in [0.2, 0.25) is 0 Å². The average molecular weight is 228 g/mol. The SMILES string of the molecule is NC(N)(I)CCC=O. The molecule has 0 spiro atoms. The summed E-state index contributed by atoms with van der Waals surface area (Å²) in [6, 6.07) is 0. The average Bonchev–Trinajstić information content (AvgIpc) is 1.59. The lowest BCUT2D eigenvalue weighted by Gasteiger charge is -2.12. The molecule has 0 bridgehead atoms. The Morgan fingerprint density at radius 3 is 2.25 bits per heavy atom. The monoisotopic (exact) mass is 228 g/mol. The minimum absolute atomic E-state index is 0.440. The van der Waals surface area contributed by atoms with Gasteiger partial charge >= 0.3 is 0 Å². The second-order valence-corrected chi connectivity index (χ2v) is 3.64. The lowest BCUT2D eigenvalue weighted by Crippen LogP contribution is -2.42. The summed E-state index contributed by atoms with van der Waals surface area (Å²) in [6.07, 6.45) is 1.79. The van der Waals surface area contributed by atoms with Gasteiger partial charge in [0.1, 0.15) is 9.96 Å². The Morgan fingerprint density at radius 2 is 2.12 bits per heavy atom. The number of carbonyl (C=O) groups is 1. The maximum atomic E-state index is 9.74. The van der Waals surface area contributed by atoms with Gasteiger partial charge in [-0.05, 0) is 29.0 Å². The van der Waals surface area contributed by atoms with Crippen LogP contribution in [0, 0.1) is 0 Å². The molecule has 48 valence electrons. The van der Waals surface area contributed by atoms with E-state index in [2.05, 4.69) is 0 Å². The van der Waals surface area contributed by atoms with E-state index in [-0.39, 0.29) is 0 Å². The van der Waals surface area contributed by atoms with E-state index in [1.54, 1.807) is 0 Å². The highest BCUT2D eigenvalue weighted by Gasteiger charge is 2.10. The Bertz CT molecular complexity index is 78.6. The Labute approximate surface area is 61.9 Å². The number of nitrogens with two attached hydrogens (primary N) is 2. The summed E-state index contributed by atoms with van der Waals surface area (Å²) in [7, 11) is 0. The third-order valence-electron chi connectivity index (χ3n) is 0.645. The van der Waals surface area contributed by atoms with Crippen LogP contribution in [0.2, 0.25) is 0 Å². The Hall–Kier alpha value is 0.320. The van der Waals surface area contributed by atoms with Crippen molar-refractivity contribution < 1.29 is 4.79 Å². The van der Waals surface area contributed by atoms with E-state index in [9.17, 15) is 4.79 Å². The molecule has 0 aliphatic rings. The number of aldehydes is 1. The third kappa shape index (κ3) is 6.32. The molecule has 4 N–H and O–H groups in total. The number of rotatable bonds is 3. The quantitative estimate of drug-likeness (QED) is 0.234. The van der Waals surface area contributed by atoms with Gasteiger partial charge in [0.05, 0.1) is 0 Å². The Morgan fingerprint density at radius 1 is 1.62 bits per heavy atom. The smallest absolute Gasteiger partial charge is 0.120 e. The zero-order valence-electron chi connectivity index (χ0n) is 4.43. The molecule has 8 heavy (non-hydrogen) atoms. The van der Waals surface area contributed by atoms with Crippen LogP contribution < -0.4 is 11.5 Å². The maximum absolute atomic E-state index is 9.74. The standard InChI is InChI=1S/C4H9IN2O/c5-4(6,7)2-1-3-8/h3H,1-2,6-7H2. The van der Waals surface area contributed by atoms with E-state index in [1.165, 1.54) is 0 Å². The zero-order valence-corrected chi connectivity index (χ0v) is 6.59. The van der Waals surface area contributed by atoms with Gasteiger partial charge in [0.15, 0.2) is 0 Å². The highest BCUT2D eigenvalue weighted by molar-refractivity contribution is 14.1. The van der Waals surface area contributed by atoms with Crippen LogP contribution in [0.3, 0.4) is 0 Å². The van der Waals surface area contributed by atoms with Gasteiger partial charge in [-0.15, -0.1) is 0 Å². The van der Waals surface area contributed by atoms with Gasteiger partial charge in [0, 0.05) is 6.42 Å². The van der Waals surface area contributed by atoms with Gasteiger partial charge in [-0.3, -0.25) is 0 Å². The maximum Gasteiger partial charge on any atom is 0.120 e. The Kier molecular flexibility index (Phi) is 3.50. The summed E-state index contributed by atoms with van der Waals surface area (Å²) in [6.45, 7) is 0. The van der Waals surface area contributed by atoms with Crippen molar-refractivity contribution in [3.63, 3.8) is 0 Å². The first-order valence-electron chi connectivity index (χ1n) is 2.26. The molecular weight excluding hydrogens is 219 g/mol. The van der Waals surface area contributed by atoms with Crippen LogP contribution in [0.1, 0.15) is 12.8 Å². The van der Waals surface area contributed by atoms with Crippen molar-refractivity contribution in [3.8, 4) is 0 Å². The first kappa shape index (κ1) is 8.32. The van der Waals surface area contributed by atoms with Gasteiger partial charge in [-0.25, -0.2) is 0 Å². The van der Waals surface area contributed by atoms with E-state index >= 15 is 0 Å². The first-order chi connectivity index (χ1) is 3.56. The first-order valence-corrected chi connectivity index (χ1v) is 3.34. The molecule has 0 radical (unpaired) electrons. The van der Waals surface area contributed by atoms with Crippen molar-refractivity contribution in [3.05, 3.63) is 0 Å². The predicted octanol–water partition coefficient (Wildman–Crippen LogP) is -0.0283. The van der Waals surface area contributed by atoms with E-state index < -0.39 is 3.67 Å². The minimum atomic E-state index is -0.710. The molecule has 0 aromatic heterocycles. The van der Waals surface area contributed by atoms with Crippen molar-refractivity contribution in [2.24, 2.45) is 11.5 Å². The van der Waals surface area contributed by atoms with E-state index in [0.717, 1.165) is 6.29 Å². The van der Waals surface area contributed by atoms with Crippen LogP contribution in [0.5, 0.6) is 0 Å². The number of hydrogen-bond acceptors (Lipinski definition) is 3. The molecule has 0 aliphatic heterocycles. The topological polar surface area (TPSA) is 69.1 Å².